The van der Waals surface area contributed by atoms with Crippen molar-refractivity contribution in [2.45, 2.75) is 19.4 Å². The van der Waals surface area contributed by atoms with Gasteiger partial charge in [0.05, 0.1) is 6.54 Å². The highest BCUT2D eigenvalue weighted by molar-refractivity contribution is 5.89. The lowest BCUT2D eigenvalue weighted by Crippen LogP contribution is -2.59. The summed E-state index contributed by atoms with van der Waals surface area (Å²) >= 11 is 0. The summed E-state index contributed by atoms with van der Waals surface area (Å²) in [6, 6.07) is 3.64. The average molecular weight is 317 g/mol. The number of rotatable bonds is 2. The zero-order chi connectivity index (χ0) is 16.2. The van der Waals surface area contributed by atoms with Crippen molar-refractivity contribution in [3.05, 3.63) is 24.0 Å². The third kappa shape index (κ3) is 3.79. The van der Waals surface area contributed by atoms with Gasteiger partial charge in [0.1, 0.15) is 6.04 Å². The van der Waals surface area contributed by atoms with E-state index in [-0.39, 0.29) is 11.8 Å². The number of pyridine rings is 1. The first-order chi connectivity index (χ1) is 11.1. The van der Waals surface area contributed by atoms with Crippen molar-refractivity contribution in [2.75, 3.05) is 44.2 Å². The van der Waals surface area contributed by atoms with E-state index in [2.05, 4.69) is 26.6 Å². The van der Waals surface area contributed by atoms with Crippen molar-refractivity contribution in [1.82, 2.24) is 20.5 Å². The lowest BCUT2D eigenvalue weighted by atomic mass is 10.2. The van der Waals surface area contributed by atoms with E-state index in [0.29, 0.717) is 19.6 Å². The molecule has 2 aliphatic heterocycles. The summed E-state index contributed by atoms with van der Waals surface area (Å²) in [4.78, 5) is 32.4. The van der Waals surface area contributed by atoms with Crippen molar-refractivity contribution in [1.29, 1.82) is 0 Å². The maximum Gasteiger partial charge on any atom is 0.246 e. The first-order valence-electron chi connectivity index (χ1n) is 8.10. The molecule has 1 aromatic rings. The fraction of sp³-hybridized carbons (Fsp3) is 0.562. The quantitative estimate of drug-likeness (QED) is 0.770. The summed E-state index contributed by atoms with van der Waals surface area (Å²) in [6.45, 7) is 5.90. The predicted octanol–water partition coefficient (Wildman–Crippen LogP) is -0.483. The van der Waals surface area contributed by atoms with Gasteiger partial charge in [-0.05, 0) is 25.5 Å². The van der Waals surface area contributed by atoms with Gasteiger partial charge >= 0.3 is 0 Å². The van der Waals surface area contributed by atoms with Crippen LogP contribution in [0, 0.1) is 6.92 Å². The molecule has 0 saturated carbocycles. The highest BCUT2D eigenvalue weighted by Crippen LogP contribution is 2.17. The highest BCUT2D eigenvalue weighted by atomic mass is 16.2. The van der Waals surface area contributed by atoms with E-state index in [1.54, 1.807) is 0 Å². The van der Waals surface area contributed by atoms with Crippen molar-refractivity contribution in [3.8, 4) is 0 Å². The number of carbonyl (C=O) groups is 2. The molecule has 0 radical (unpaired) electrons. The number of aromatic nitrogens is 1. The van der Waals surface area contributed by atoms with Gasteiger partial charge in [-0.2, -0.15) is 0 Å². The van der Waals surface area contributed by atoms with Gasteiger partial charge in [0.15, 0.2) is 0 Å². The molecule has 124 valence electrons. The van der Waals surface area contributed by atoms with E-state index < -0.39 is 6.04 Å². The Bertz CT molecular complexity index is 592. The molecule has 7 heteroatoms. The third-order valence-corrected chi connectivity index (χ3v) is 4.32. The zero-order valence-electron chi connectivity index (χ0n) is 13.4. The molecule has 1 atom stereocenters. The lowest BCUT2D eigenvalue weighted by Gasteiger charge is -2.29. The van der Waals surface area contributed by atoms with Gasteiger partial charge in [0, 0.05) is 50.3 Å². The first kappa shape index (κ1) is 15.7. The Hall–Kier alpha value is -2.15. The van der Waals surface area contributed by atoms with Gasteiger partial charge < -0.3 is 20.4 Å². The second-order valence-corrected chi connectivity index (χ2v) is 6.07. The van der Waals surface area contributed by atoms with Crippen molar-refractivity contribution in [3.63, 3.8) is 0 Å². The summed E-state index contributed by atoms with van der Waals surface area (Å²) in [5, 5.41) is 5.75. The average Bonchev–Trinajstić information content (AvgIpc) is 2.80. The van der Waals surface area contributed by atoms with Crippen LogP contribution in [-0.2, 0) is 9.59 Å². The maximum atomic E-state index is 12.6. The predicted molar refractivity (Wildman–Crippen MR) is 87.2 cm³/mol. The molecule has 2 fully saturated rings. The first-order valence-corrected chi connectivity index (χ1v) is 8.10. The van der Waals surface area contributed by atoms with Crippen LogP contribution in [0.4, 0.5) is 5.69 Å². The van der Waals surface area contributed by atoms with Crippen LogP contribution >= 0.6 is 0 Å². The molecule has 2 saturated heterocycles. The number of hydrogen-bond acceptors (Lipinski definition) is 5. The van der Waals surface area contributed by atoms with Crippen LogP contribution in [0.1, 0.15) is 12.1 Å². The summed E-state index contributed by atoms with van der Waals surface area (Å²) in [7, 11) is 0. The van der Waals surface area contributed by atoms with E-state index in [9.17, 15) is 9.59 Å². The van der Waals surface area contributed by atoms with Crippen molar-refractivity contribution < 1.29 is 9.59 Å². The van der Waals surface area contributed by atoms with E-state index in [0.717, 1.165) is 37.4 Å². The van der Waals surface area contributed by atoms with Crippen molar-refractivity contribution >= 4 is 17.5 Å². The molecule has 1 aromatic heterocycles. The SMILES string of the molecule is Cc1cc(N2CCCN(C(=O)[C@H]3CNCC(=O)N3)CC2)ccn1. The molecular weight excluding hydrogens is 294 g/mol. The smallest absolute Gasteiger partial charge is 0.246 e. The summed E-state index contributed by atoms with van der Waals surface area (Å²) in [6.07, 6.45) is 2.74. The Labute approximate surface area is 136 Å². The van der Waals surface area contributed by atoms with Crippen LogP contribution < -0.4 is 15.5 Å². The summed E-state index contributed by atoms with van der Waals surface area (Å²) in [5.74, 6) is -0.100. The second kappa shape index (κ2) is 6.95. The van der Waals surface area contributed by atoms with E-state index in [4.69, 9.17) is 0 Å². The lowest BCUT2D eigenvalue weighted by molar-refractivity contribution is -0.137. The number of aryl methyl sites for hydroxylation is 1. The van der Waals surface area contributed by atoms with E-state index in [1.165, 1.54) is 0 Å². The molecule has 3 rings (SSSR count). The molecule has 0 spiro atoms. The van der Waals surface area contributed by atoms with Crippen LogP contribution in [0.2, 0.25) is 0 Å². The molecule has 2 amide bonds. The van der Waals surface area contributed by atoms with E-state index in [1.807, 2.05) is 24.1 Å². The molecule has 23 heavy (non-hydrogen) atoms. The largest absolute Gasteiger partial charge is 0.370 e. The number of amides is 2. The van der Waals surface area contributed by atoms with Crippen LogP contribution in [-0.4, -0.2) is 67.0 Å². The number of piperazine rings is 1. The van der Waals surface area contributed by atoms with Gasteiger partial charge in [-0.15, -0.1) is 0 Å². The number of nitrogens with one attached hydrogen (secondary N) is 2. The number of hydrogen-bond donors (Lipinski definition) is 2. The maximum absolute atomic E-state index is 12.6. The fourth-order valence-electron chi connectivity index (χ4n) is 3.12. The topological polar surface area (TPSA) is 77.6 Å². The highest BCUT2D eigenvalue weighted by Gasteiger charge is 2.29. The van der Waals surface area contributed by atoms with Crippen LogP contribution in [0.5, 0.6) is 0 Å². The van der Waals surface area contributed by atoms with Gasteiger partial charge in [-0.3, -0.25) is 14.6 Å². The van der Waals surface area contributed by atoms with Gasteiger partial charge in [-0.1, -0.05) is 0 Å². The molecule has 2 N–H and O–H groups in total. The molecule has 0 bridgehead atoms. The molecule has 3 heterocycles. The normalized spacial score (nSPS) is 22.5. The minimum Gasteiger partial charge on any atom is -0.370 e. The Morgan fingerprint density at radius 1 is 1.30 bits per heavy atom. The molecule has 0 aliphatic carbocycles. The number of nitrogens with zero attached hydrogens (tertiary/aromatic N) is 3. The van der Waals surface area contributed by atoms with Crippen molar-refractivity contribution in [2.24, 2.45) is 0 Å². The van der Waals surface area contributed by atoms with Crippen LogP contribution in [0.15, 0.2) is 18.3 Å². The zero-order valence-corrected chi connectivity index (χ0v) is 13.4. The fourth-order valence-corrected chi connectivity index (χ4v) is 3.12. The minimum atomic E-state index is -0.439. The van der Waals surface area contributed by atoms with E-state index >= 15 is 0 Å². The van der Waals surface area contributed by atoms with Crippen LogP contribution in [0.25, 0.3) is 0 Å². The van der Waals surface area contributed by atoms with Gasteiger partial charge in [0.25, 0.3) is 0 Å². The Morgan fingerprint density at radius 2 is 2.17 bits per heavy atom. The summed E-state index contributed by atoms with van der Waals surface area (Å²) in [5.41, 5.74) is 2.15. The second-order valence-electron chi connectivity index (χ2n) is 6.07. The van der Waals surface area contributed by atoms with Gasteiger partial charge in [-0.25, -0.2) is 0 Å². The monoisotopic (exact) mass is 317 g/mol. The third-order valence-electron chi connectivity index (χ3n) is 4.32. The number of anilines is 1. The molecular formula is C16H23N5O2. The Morgan fingerprint density at radius 3 is 2.96 bits per heavy atom. The molecule has 2 aliphatic rings. The Kier molecular flexibility index (Phi) is 4.76. The molecule has 0 aromatic carbocycles. The minimum absolute atomic E-state index is 0.0123. The standard InChI is InChI=1S/C16H23N5O2/c1-12-9-13(3-4-18-12)20-5-2-6-21(8-7-20)16(23)14-10-17-11-15(22)19-14/h3-4,9,14,17H,2,5-8,10-11H2,1H3,(H,19,22)/t14-/m1/s1. The molecule has 0 unspecified atom stereocenters. The summed E-state index contributed by atoms with van der Waals surface area (Å²) < 4.78 is 0. The van der Waals surface area contributed by atoms with Crippen LogP contribution in [0.3, 0.4) is 0 Å². The number of carbonyl (C=O) groups excluding carboxylic acids is 2. The van der Waals surface area contributed by atoms with Gasteiger partial charge in [0.2, 0.25) is 11.8 Å². The Balaban J connectivity index is 1.62. The molecule has 7 nitrogen and oxygen atoms in total.